The Morgan fingerprint density at radius 1 is 0.893 bits per heavy atom. The first kappa shape index (κ1) is 26.6. The van der Waals surface area contributed by atoms with E-state index in [1.165, 1.54) is 44.9 Å². The molecule has 0 amide bonds. The molecule has 0 heterocycles. The van der Waals surface area contributed by atoms with Gasteiger partial charge in [-0.3, -0.25) is 9.59 Å². The third-order valence-electron chi connectivity index (χ3n) is 4.59. The van der Waals surface area contributed by atoms with Crippen LogP contribution in [0.15, 0.2) is 12.2 Å². The molecule has 0 rings (SSSR count). The average Bonchev–Trinajstić information content (AvgIpc) is 2.56. The van der Waals surface area contributed by atoms with Crippen LogP contribution in [0.3, 0.4) is 0 Å². The fourth-order valence-corrected chi connectivity index (χ4v) is 3.18. The fourth-order valence-electron chi connectivity index (χ4n) is 3.18. The minimum absolute atomic E-state index is 0.134. The van der Waals surface area contributed by atoms with Crippen LogP contribution in [0.25, 0.3) is 0 Å². The zero-order valence-electron chi connectivity index (χ0n) is 18.8. The molecule has 28 heavy (non-hydrogen) atoms. The van der Waals surface area contributed by atoms with Crippen LogP contribution < -0.4 is 0 Å². The third kappa shape index (κ3) is 19.4. The largest absolute Gasteiger partial charge is 0.481 e. The van der Waals surface area contributed by atoms with Gasteiger partial charge in [0, 0.05) is 6.42 Å². The topological polar surface area (TPSA) is 63.6 Å². The molecule has 1 atom stereocenters. The van der Waals surface area contributed by atoms with Crippen LogP contribution in [-0.2, 0) is 14.3 Å². The first-order valence-electron chi connectivity index (χ1n) is 11.1. The molecule has 0 aliphatic carbocycles. The maximum atomic E-state index is 12.0. The second-order valence-electron chi connectivity index (χ2n) is 8.81. The number of allylic oxidation sites excluding steroid dienone is 2. The number of hydrogen-bond donors (Lipinski definition) is 1. The van der Waals surface area contributed by atoms with Crippen molar-refractivity contribution >= 4 is 11.9 Å². The van der Waals surface area contributed by atoms with Crippen LogP contribution in [0.2, 0.25) is 0 Å². The molecule has 0 saturated carbocycles. The highest BCUT2D eigenvalue weighted by Gasteiger charge is 2.24. The van der Waals surface area contributed by atoms with E-state index in [4.69, 9.17) is 9.84 Å². The van der Waals surface area contributed by atoms with Gasteiger partial charge in [-0.25, -0.2) is 0 Å². The van der Waals surface area contributed by atoms with Crippen LogP contribution in [0.1, 0.15) is 90.4 Å². The molecule has 1 N–H and O–H groups in total. The number of likely N-dealkylation sites (N-methyl/N-ethyl adjacent to an activating group) is 1. The molecule has 0 aromatic carbocycles. The Labute approximate surface area is 172 Å². The molecule has 0 aliphatic heterocycles. The number of carboxylic acids is 1. The number of esters is 1. The van der Waals surface area contributed by atoms with Crippen LogP contribution >= 0.6 is 0 Å². The molecule has 1 unspecified atom stereocenters. The van der Waals surface area contributed by atoms with Crippen molar-refractivity contribution in [3.8, 4) is 0 Å². The van der Waals surface area contributed by atoms with Crippen LogP contribution in [0.4, 0.5) is 0 Å². The Balaban J connectivity index is 3.74. The van der Waals surface area contributed by atoms with E-state index in [-0.39, 0.29) is 12.4 Å². The number of hydrogen-bond acceptors (Lipinski definition) is 3. The maximum Gasteiger partial charge on any atom is 0.307 e. The van der Waals surface area contributed by atoms with Crippen molar-refractivity contribution in [2.45, 2.75) is 96.5 Å². The summed E-state index contributed by atoms with van der Waals surface area (Å²) in [7, 11) is 5.88. The highest BCUT2D eigenvalue weighted by Crippen LogP contribution is 2.11. The van der Waals surface area contributed by atoms with E-state index in [0.717, 1.165) is 25.7 Å². The lowest BCUT2D eigenvalue weighted by Crippen LogP contribution is -2.43. The number of carbonyl (C=O) groups excluding carboxylic acids is 1. The van der Waals surface area contributed by atoms with Crippen molar-refractivity contribution in [1.29, 1.82) is 0 Å². The number of unbranched alkanes of at least 4 members (excludes halogenated alkanes) is 9. The summed E-state index contributed by atoms with van der Waals surface area (Å²) in [6, 6.07) is 0. The third-order valence-corrected chi connectivity index (χ3v) is 4.59. The zero-order valence-corrected chi connectivity index (χ0v) is 18.8. The number of aliphatic carboxylic acids is 1. The molecule has 0 aromatic heterocycles. The lowest BCUT2D eigenvalue weighted by Gasteiger charge is -2.28. The summed E-state index contributed by atoms with van der Waals surface area (Å²) in [5.41, 5.74) is 0. The molecule has 0 spiro atoms. The number of ether oxygens (including phenoxy) is 1. The van der Waals surface area contributed by atoms with Gasteiger partial charge < -0.3 is 14.3 Å². The molecule has 5 heteroatoms. The summed E-state index contributed by atoms with van der Waals surface area (Å²) in [5.74, 6) is -1.21. The standard InChI is InChI=1S/C23H43NO4/c1-5-6-7-8-9-10-11-12-13-14-15-16-17-18-23(27)28-21(19-22(25)26)20-24(2,3)4/h12-13,21H,5-11,14-20H2,1-4H3/p+1/b13-12+. The molecular weight excluding hydrogens is 354 g/mol. The van der Waals surface area contributed by atoms with Gasteiger partial charge in [0.2, 0.25) is 0 Å². The molecular formula is C23H44NO4+. The number of quaternary nitrogens is 1. The van der Waals surface area contributed by atoms with Crippen molar-refractivity contribution < 1.29 is 23.9 Å². The highest BCUT2D eigenvalue weighted by molar-refractivity contribution is 5.71. The minimum Gasteiger partial charge on any atom is -0.481 e. The van der Waals surface area contributed by atoms with Gasteiger partial charge in [-0.2, -0.15) is 0 Å². The number of nitrogens with zero attached hydrogens (tertiary/aromatic N) is 1. The van der Waals surface area contributed by atoms with Crippen LogP contribution in [0, 0.1) is 0 Å². The highest BCUT2D eigenvalue weighted by atomic mass is 16.5. The second kappa shape index (κ2) is 16.6. The quantitative estimate of drug-likeness (QED) is 0.147. The smallest absolute Gasteiger partial charge is 0.307 e. The van der Waals surface area contributed by atoms with E-state index in [1.54, 1.807) is 0 Å². The Hall–Kier alpha value is -1.36. The summed E-state index contributed by atoms with van der Waals surface area (Å²) >= 11 is 0. The molecule has 0 bridgehead atoms. The summed E-state index contributed by atoms with van der Waals surface area (Å²) < 4.78 is 5.96. The summed E-state index contributed by atoms with van der Waals surface area (Å²) in [5, 5.41) is 8.99. The number of carbonyl (C=O) groups is 2. The van der Waals surface area contributed by atoms with Gasteiger partial charge in [0.05, 0.1) is 27.6 Å². The minimum atomic E-state index is -0.931. The van der Waals surface area contributed by atoms with Crippen molar-refractivity contribution in [1.82, 2.24) is 0 Å². The summed E-state index contributed by atoms with van der Waals surface area (Å²) in [4.78, 5) is 22.9. The van der Waals surface area contributed by atoms with E-state index in [1.807, 2.05) is 21.1 Å². The van der Waals surface area contributed by atoms with Crippen LogP contribution in [-0.4, -0.2) is 55.3 Å². The van der Waals surface area contributed by atoms with Gasteiger partial charge in [0.1, 0.15) is 6.54 Å². The van der Waals surface area contributed by atoms with Crippen LogP contribution in [0.5, 0.6) is 0 Å². The van der Waals surface area contributed by atoms with E-state index in [0.29, 0.717) is 17.4 Å². The summed E-state index contributed by atoms with van der Waals surface area (Å²) in [6.07, 6.45) is 17.4. The monoisotopic (exact) mass is 398 g/mol. The first-order valence-corrected chi connectivity index (χ1v) is 11.1. The Morgan fingerprint density at radius 2 is 1.43 bits per heavy atom. The maximum absolute atomic E-state index is 12.0. The van der Waals surface area contributed by atoms with Gasteiger partial charge in [0.15, 0.2) is 6.10 Å². The molecule has 0 aliphatic rings. The van der Waals surface area contributed by atoms with Gasteiger partial charge in [-0.1, -0.05) is 57.6 Å². The number of rotatable bonds is 18. The number of carboxylic acid groups (broad SMARTS) is 1. The average molecular weight is 399 g/mol. The van der Waals surface area contributed by atoms with Gasteiger partial charge >= 0.3 is 11.9 Å². The Kier molecular flexibility index (Phi) is 15.8. The molecule has 0 radical (unpaired) electrons. The van der Waals surface area contributed by atoms with E-state index in [2.05, 4.69) is 19.1 Å². The lowest BCUT2D eigenvalue weighted by molar-refractivity contribution is -0.873. The predicted octanol–water partition coefficient (Wildman–Crippen LogP) is 5.34. The van der Waals surface area contributed by atoms with E-state index in [9.17, 15) is 9.59 Å². The predicted molar refractivity (Wildman–Crippen MR) is 115 cm³/mol. The lowest BCUT2D eigenvalue weighted by atomic mass is 10.1. The molecule has 0 aromatic rings. The van der Waals surface area contributed by atoms with Crippen molar-refractivity contribution in [3.63, 3.8) is 0 Å². The molecule has 164 valence electrons. The van der Waals surface area contributed by atoms with Gasteiger partial charge in [-0.15, -0.1) is 0 Å². The van der Waals surface area contributed by atoms with Crippen molar-refractivity contribution in [3.05, 3.63) is 12.2 Å². The fraction of sp³-hybridized carbons (Fsp3) is 0.826. The second-order valence-corrected chi connectivity index (χ2v) is 8.81. The van der Waals surface area contributed by atoms with Gasteiger partial charge in [-0.05, 0) is 32.1 Å². The van der Waals surface area contributed by atoms with Crippen molar-refractivity contribution in [2.75, 3.05) is 27.7 Å². The first-order chi connectivity index (χ1) is 13.2. The van der Waals surface area contributed by atoms with Gasteiger partial charge in [0.25, 0.3) is 0 Å². The zero-order chi connectivity index (χ0) is 21.3. The Bertz CT molecular complexity index is 440. The normalized spacial score (nSPS) is 13.0. The van der Waals surface area contributed by atoms with E-state index >= 15 is 0 Å². The molecule has 0 fully saturated rings. The Morgan fingerprint density at radius 3 is 1.96 bits per heavy atom. The SMILES string of the molecule is CCCCCCCC/C=C/CCCCCC(=O)OC(CC(=O)O)C[N+](C)(C)C. The van der Waals surface area contributed by atoms with Crippen molar-refractivity contribution in [2.24, 2.45) is 0 Å². The molecule has 5 nitrogen and oxygen atoms in total. The summed E-state index contributed by atoms with van der Waals surface area (Å²) in [6.45, 7) is 2.75. The molecule has 0 saturated heterocycles. The van der Waals surface area contributed by atoms with E-state index < -0.39 is 12.1 Å².